The summed E-state index contributed by atoms with van der Waals surface area (Å²) in [7, 11) is 1.67. The summed E-state index contributed by atoms with van der Waals surface area (Å²) in [5.74, 6) is 2.09. The number of hydrogen-bond acceptors (Lipinski definition) is 5. The van der Waals surface area contributed by atoms with E-state index in [0.717, 1.165) is 41.4 Å². The minimum atomic E-state index is -0.593. The molecule has 4 rings (SSSR count). The van der Waals surface area contributed by atoms with Gasteiger partial charge in [-0.25, -0.2) is 0 Å². The molecule has 2 aromatic carbocycles. The summed E-state index contributed by atoms with van der Waals surface area (Å²) < 4.78 is 17.9. The Balaban J connectivity index is 1.46. The third-order valence-electron chi connectivity index (χ3n) is 9.16. The van der Waals surface area contributed by atoms with Crippen molar-refractivity contribution in [3.8, 4) is 11.5 Å². The molecule has 0 aromatic heterocycles. The molecule has 0 radical (unpaired) electrons. The summed E-state index contributed by atoms with van der Waals surface area (Å²) >= 11 is 0. The fourth-order valence-corrected chi connectivity index (χ4v) is 6.26. The molecule has 1 saturated carbocycles. The maximum absolute atomic E-state index is 13.1. The van der Waals surface area contributed by atoms with Gasteiger partial charge in [-0.3, -0.25) is 4.79 Å². The van der Waals surface area contributed by atoms with E-state index in [9.17, 15) is 9.90 Å². The zero-order valence-corrected chi connectivity index (χ0v) is 24.6. The molecule has 0 unspecified atom stereocenters. The first kappa shape index (κ1) is 29.4. The highest BCUT2D eigenvalue weighted by molar-refractivity contribution is 5.78. The summed E-state index contributed by atoms with van der Waals surface area (Å²) in [5.41, 5.74) is 1.92. The summed E-state index contributed by atoms with van der Waals surface area (Å²) in [4.78, 5) is 15.0. The summed E-state index contributed by atoms with van der Waals surface area (Å²) in [5, 5.41) is 10.9. The molecular formula is C33H47NO5. The smallest absolute Gasteiger partial charge is 0.248 e. The Morgan fingerprint density at radius 3 is 2.38 bits per heavy atom. The Kier molecular flexibility index (Phi) is 9.28. The SMILES string of the molecule is COc1ccc([C@@H]2CN(C(=O)COCc3ccccc3)C[C@@]2(C)[C@@H](C)O)cc1OC1CCC(C(C)(C)C)CC1. The van der Waals surface area contributed by atoms with Gasteiger partial charge in [-0.05, 0) is 67.2 Å². The van der Waals surface area contributed by atoms with Crippen molar-refractivity contribution in [2.45, 2.75) is 85.0 Å². The molecule has 3 atom stereocenters. The largest absolute Gasteiger partial charge is 0.493 e. The molecule has 2 aromatic rings. The van der Waals surface area contributed by atoms with Crippen molar-refractivity contribution in [1.82, 2.24) is 4.90 Å². The molecule has 0 spiro atoms. The summed E-state index contributed by atoms with van der Waals surface area (Å²) in [6, 6.07) is 15.9. The fraction of sp³-hybridized carbons (Fsp3) is 0.606. The van der Waals surface area contributed by atoms with Gasteiger partial charge in [-0.2, -0.15) is 0 Å². The summed E-state index contributed by atoms with van der Waals surface area (Å²) in [6.45, 7) is 12.3. The first-order valence-electron chi connectivity index (χ1n) is 14.4. The number of hydrogen-bond donors (Lipinski definition) is 1. The number of ether oxygens (including phenoxy) is 3. The highest BCUT2D eigenvalue weighted by Gasteiger charge is 2.48. The quantitative estimate of drug-likeness (QED) is 0.412. The fourth-order valence-electron chi connectivity index (χ4n) is 6.26. The molecule has 6 nitrogen and oxygen atoms in total. The molecule has 1 amide bonds. The molecule has 6 heteroatoms. The lowest BCUT2D eigenvalue weighted by Crippen LogP contribution is -2.38. The van der Waals surface area contributed by atoms with Crippen LogP contribution in [0.1, 0.15) is 77.3 Å². The van der Waals surface area contributed by atoms with Gasteiger partial charge in [0.25, 0.3) is 0 Å². The minimum absolute atomic E-state index is 0.0196. The maximum Gasteiger partial charge on any atom is 0.248 e. The van der Waals surface area contributed by atoms with Crippen LogP contribution in [0, 0.1) is 16.7 Å². The standard InChI is InChI=1S/C33H47NO5/c1-23(35)33(5)22-34(31(36)21-38-20-24-10-8-7-9-11-24)19-28(33)25-12-17-29(37-6)30(18-25)39-27-15-13-26(14-16-27)32(2,3)4/h7-12,17-18,23,26-28,35H,13-16,19-22H2,1-6H3/t23-,26?,27?,28+,33+/m1/s1. The third kappa shape index (κ3) is 6.96. The predicted molar refractivity (Wildman–Crippen MR) is 154 cm³/mol. The second-order valence-electron chi connectivity index (χ2n) is 12.9. The number of aliphatic hydroxyl groups is 1. The van der Waals surface area contributed by atoms with Crippen molar-refractivity contribution < 1.29 is 24.1 Å². The number of methoxy groups -OCH3 is 1. The van der Waals surface area contributed by atoms with Crippen LogP contribution in [0.25, 0.3) is 0 Å². The zero-order chi connectivity index (χ0) is 28.2. The molecular weight excluding hydrogens is 490 g/mol. The van der Waals surface area contributed by atoms with E-state index in [0.29, 0.717) is 25.1 Å². The molecule has 1 N–H and O–H groups in total. The van der Waals surface area contributed by atoms with Gasteiger partial charge in [-0.15, -0.1) is 0 Å². The van der Waals surface area contributed by atoms with Crippen molar-refractivity contribution in [3.63, 3.8) is 0 Å². The van der Waals surface area contributed by atoms with Crippen LogP contribution in [0.15, 0.2) is 48.5 Å². The van der Waals surface area contributed by atoms with E-state index in [1.54, 1.807) is 7.11 Å². The van der Waals surface area contributed by atoms with Crippen molar-refractivity contribution in [2.75, 3.05) is 26.8 Å². The average Bonchev–Trinajstić information content (AvgIpc) is 3.28. The van der Waals surface area contributed by atoms with E-state index < -0.39 is 11.5 Å². The van der Waals surface area contributed by atoms with Crippen LogP contribution in [0.2, 0.25) is 0 Å². The van der Waals surface area contributed by atoms with E-state index in [-0.39, 0.29) is 24.5 Å². The normalized spacial score (nSPS) is 26.3. The molecule has 1 aliphatic heterocycles. The lowest BCUT2D eigenvalue weighted by molar-refractivity contribution is -0.136. The number of carbonyl (C=O) groups excluding carboxylic acids is 1. The maximum atomic E-state index is 13.1. The number of carbonyl (C=O) groups is 1. The topological polar surface area (TPSA) is 68.2 Å². The van der Waals surface area contributed by atoms with Crippen molar-refractivity contribution in [3.05, 3.63) is 59.7 Å². The van der Waals surface area contributed by atoms with E-state index in [2.05, 4.69) is 33.8 Å². The van der Waals surface area contributed by atoms with Crippen LogP contribution in [-0.2, 0) is 16.1 Å². The first-order chi connectivity index (χ1) is 18.5. The highest BCUT2D eigenvalue weighted by Crippen LogP contribution is 2.47. The Morgan fingerprint density at radius 1 is 1.08 bits per heavy atom. The third-order valence-corrected chi connectivity index (χ3v) is 9.16. The molecule has 39 heavy (non-hydrogen) atoms. The number of amides is 1. The molecule has 1 saturated heterocycles. The van der Waals surface area contributed by atoms with E-state index >= 15 is 0 Å². The number of aliphatic hydroxyl groups excluding tert-OH is 1. The Bertz CT molecular complexity index is 1090. The zero-order valence-electron chi connectivity index (χ0n) is 24.6. The lowest BCUT2D eigenvalue weighted by Gasteiger charge is -2.37. The van der Waals surface area contributed by atoms with Crippen molar-refractivity contribution in [2.24, 2.45) is 16.7 Å². The average molecular weight is 538 g/mol. The molecule has 2 aliphatic rings. The number of rotatable bonds is 9. The van der Waals surface area contributed by atoms with Crippen molar-refractivity contribution >= 4 is 5.91 Å². The predicted octanol–water partition coefficient (Wildman–Crippen LogP) is 6.21. The van der Waals surface area contributed by atoms with Gasteiger partial charge in [0.15, 0.2) is 11.5 Å². The van der Waals surface area contributed by atoms with Gasteiger partial charge in [-0.1, -0.05) is 64.1 Å². The second kappa shape index (κ2) is 12.3. The van der Waals surface area contributed by atoms with E-state index in [1.165, 1.54) is 12.8 Å². The molecule has 214 valence electrons. The molecule has 0 bridgehead atoms. The van der Waals surface area contributed by atoms with Crippen LogP contribution in [-0.4, -0.2) is 54.9 Å². The highest BCUT2D eigenvalue weighted by atomic mass is 16.5. The van der Waals surface area contributed by atoms with Gasteiger partial charge >= 0.3 is 0 Å². The monoisotopic (exact) mass is 537 g/mol. The first-order valence-corrected chi connectivity index (χ1v) is 14.4. The summed E-state index contributed by atoms with van der Waals surface area (Å²) in [6.07, 6.45) is 3.99. The minimum Gasteiger partial charge on any atom is -0.493 e. The Morgan fingerprint density at radius 2 is 1.77 bits per heavy atom. The van der Waals surface area contributed by atoms with E-state index in [4.69, 9.17) is 14.2 Å². The van der Waals surface area contributed by atoms with Gasteiger partial charge in [0.05, 0.1) is 25.9 Å². The lowest BCUT2D eigenvalue weighted by atomic mass is 9.72. The molecule has 2 fully saturated rings. The van der Waals surface area contributed by atoms with Crippen LogP contribution in [0.5, 0.6) is 11.5 Å². The van der Waals surface area contributed by atoms with E-state index in [1.807, 2.05) is 54.3 Å². The van der Waals surface area contributed by atoms with Crippen LogP contribution in [0.3, 0.4) is 0 Å². The van der Waals surface area contributed by atoms with Gasteiger partial charge in [0.2, 0.25) is 5.91 Å². The van der Waals surface area contributed by atoms with Gasteiger partial charge in [0.1, 0.15) is 6.61 Å². The number of likely N-dealkylation sites (tertiary alicyclic amines) is 1. The van der Waals surface area contributed by atoms with Crippen LogP contribution < -0.4 is 9.47 Å². The molecule has 1 heterocycles. The van der Waals surface area contributed by atoms with Crippen LogP contribution in [0.4, 0.5) is 0 Å². The Hall–Kier alpha value is -2.57. The van der Waals surface area contributed by atoms with Gasteiger partial charge < -0.3 is 24.2 Å². The van der Waals surface area contributed by atoms with Crippen LogP contribution >= 0.6 is 0 Å². The van der Waals surface area contributed by atoms with Crippen molar-refractivity contribution in [1.29, 1.82) is 0 Å². The number of benzene rings is 2. The second-order valence-corrected chi connectivity index (χ2v) is 12.9. The molecule has 1 aliphatic carbocycles. The number of nitrogens with zero attached hydrogens (tertiary/aromatic N) is 1. The Labute approximate surface area is 234 Å². The van der Waals surface area contributed by atoms with Gasteiger partial charge in [0, 0.05) is 24.4 Å².